The standard InChI is InChI=1S/C8H11N3O2/c1-6(12)4-11-8(13)7-5-9-2-3-10-7/h2-3,5-6,12H,4H2,1H3,(H,11,13)/t6-/m1/s1. The van der Waals surface area contributed by atoms with Gasteiger partial charge >= 0.3 is 0 Å². The van der Waals surface area contributed by atoms with Gasteiger partial charge in [0, 0.05) is 18.9 Å². The van der Waals surface area contributed by atoms with E-state index >= 15 is 0 Å². The Hall–Kier alpha value is -1.49. The van der Waals surface area contributed by atoms with Crippen LogP contribution in [0.4, 0.5) is 0 Å². The third-order valence-corrected chi connectivity index (χ3v) is 1.35. The molecule has 0 aliphatic heterocycles. The molecule has 1 rings (SSSR count). The zero-order valence-electron chi connectivity index (χ0n) is 7.27. The number of aliphatic hydroxyl groups is 1. The van der Waals surface area contributed by atoms with Crippen molar-refractivity contribution < 1.29 is 9.90 Å². The molecule has 0 saturated heterocycles. The maximum atomic E-state index is 11.2. The molecule has 13 heavy (non-hydrogen) atoms. The Morgan fingerprint density at radius 3 is 3.00 bits per heavy atom. The number of hydrogen-bond donors (Lipinski definition) is 2. The number of amides is 1. The highest BCUT2D eigenvalue weighted by atomic mass is 16.3. The van der Waals surface area contributed by atoms with Gasteiger partial charge in [-0.3, -0.25) is 9.78 Å². The molecule has 0 spiro atoms. The van der Waals surface area contributed by atoms with Crippen molar-refractivity contribution in [3.63, 3.8) is 0 Å². The van der Waals surface area contributed by atoms with E-state index in [1.165, 1.54) is 18.6 Å². The first-order valence-electron chi connectivity index (χ1n) is 3.92. The first-order chi connectivity index (χ1) is 6.20. The molecule has 2 N–H and O–H groups in total. The average Bonchev–Trinajstić information content (AvgIpc) is 2.15. The molecule has 0 aromatic carbocycles. The Kier molecular flexibility index (Phi) is 3.33. The second-order valence-electron chi connectivity index (χ2n) is 2.65. The molecular formula is C8H11N3O2. The molecule has 0 radical (unpaired) electrons. The summed E-state index contributed by atoms with van der Waals surface area (Å²) in [5.41, 5.74) is 0.253. The van der Waals surface area contributed by atoms with E-state index in [1.807, 2.05) is 0 Å². The van der Waals surface area contributed by atoms with Crippen molar-refractivity contribution in [2.24, 2.45) is 0 Å². The van der Waals surface area contributed by atoms with Crippen LogP contribution in [0.5, 0.6) is 0 Å². The fraction of sp³-hybridized carbons (Fsp3) is 0.375. The van der Waals surface area contributed by atoms with Crippen LogP contribution in [0.3, 0.4) is 0 Å². The largest absolute Gasteiger partial charge is 0.392 e. The van der Waals surface area contributed by atoms with Crippen molar-refractivity contribution in [1.29, 1.82) is 0 Å². The Bertz CT molecular complexity index is 274. The summed E-state index contributed by atoms with van der Waals surface area (Å²) >= 11 is 0. The maximum absolute atomic E-state index is 11.2. The lowest BCUT2D eigenvalue weighted by molar-refractivity contribution is 0.0918. The van der Waals surface area contributed by atoms with E-state index in [9.17, 15) is 4.79 Å². The molecule has 1 aromatic heterocycles. The van der Waals surface area contributed by atoms with Crippen molar-refractivity contribution in [3.8, 4) is 0 Å². The van der Waals surface area contributed by atoms with E-state index in [4.69, 9.17) is 5.11 Å². The summed E-state index contributed by atoms with van der Waals surface area (Å²) in [7, 11) is 0. The molecule has 0 unspecified atom stereocenters. The Labute approximate surface area is 75.8 Å². The van der Waals surface area contributed by atoms with E-state index < -0.39 is 6.10 Å². The van der Waals surface area contributed by atoms with E-state index in [0.717, 1.165) is 0 Å². The first kappa shape index (κ1) is 9.60. The monoisotopic (exact) mass is 181 g/mol. The average molecular weight is 181 g/mol. The summed E-state index contributed by atoms with van der Waals surface area (Å²) in [6.45, 7) is 1.81. The summed E-state index contributed by atoms with van der Waals surface area (Å²) in [4.78, 5) is 18.8. The molecule has 0 saturated carbocycles. The number of carbonyl (C=O) groups excluding carboxylic acids is 1. The number of aromatic nitrogens is 2. The molecule has 0 fully saturated rings. The molecule has 5 nitrogen and oxygen atoms in total. The first-order valence-corrected chi connectivity index (χ1v) is 3.92. The third kappa shape index (κ3) is 3.16. The Morgan fingerprint density at radius 1 is 1.69 bits per heavy atom. The molecule has 0 aliphatic rings. The quantitative estimate of drug-likeness (QED) is 0.664. The molecule has 70 valence electrons. The van der Waals surface area contributed by atoms with Gasteiger partial charge in [0.2, 0.25) is 0 Å². The number of carbonyl (C=O) groups is 1. The molecule has 1 aromatic rings. The SMILES string of the molecule is C[C@@H](O)CNC(=O)c1cnccn1. The van der Waals surface area contributed by atoms with Gasteiger partial charge in [-0.05, 0) is 6.92 Å². The number of nitrogens with one attached hydrogen (secondary N) is 1. The number of rotatable bonds is 3. The zero-order valence-corrected chi connectivity index (χ0v) is 7.27. The maximum Gasteiger partial charge on any atom is 0.271 e. The van der Waals surface area contributed by atoms with Crippen molar-refractivity contribution in [3.05, 3.63) is 24.3 Å². The van der Waals surface area contributed by atoms with Gasteiger partial charge in [-0.1, -0.05) is 0 Å². The minimum atomic E-state index is -0.555. The van der Waals surface area contributed by atoms with Crippen LogP contribution < -0.4 is 5.32 Å². The highest BCUT2D eigenvalue weighted by molar-refractivity contribution is 5.91. The van der Waals surface area contributed by atoms with Crippen LogP contribution in [0.25, 0.3) is 0 Å². The summed E-state index contributed by atoms with van der Waals surface area (Å²) in [6.07, 6.45) is 3.75. The highest BCUT2D eigenvalue weighted by Gasteiger charge is 2.06. The van der Waals surface area contributed by atoms with Crippen LogP contribution in [0.15, 0.2) is 18.6 Å². The smallest absolute Gasteiger partial charge is 0.271 e. The molecule has 0 aliphatic carbocycles. The summed E-state index contributed by atoms with van der Waals surface area (Å²) in [5.74, 6) is -0.325. The van der Waals surface area contributed by atoms with Crippen molar-refractivity contribution in [2.75, 3.05) is 6.54 Å². The number of nitrogens with zero attached hydrogens (tertiary/aromatic N) is 2. The molecule has 1 atom stereocenters. The van der Waals surface area contributed by atoms with Crippen LogP contribution in [0.2, 0.25) is 0 Å². The lowest BCUT2D eigenvalue weighted by Crippen LogP contribution is -2.31. The predicted octanol–water partition coefficient (Wildman–Crippen LogP) is -0.413. The molecule has 0 bridgehead atoms. The van der Waals surface area contributed by atoms with Crippen LogP contribution in [0, 0.1) is 0 Å². The van der Waals surface area contributed by atoms with E-state index in [2.05, 4.69) is 15.3 Å². The summed E-state index contributed by atoms with van der Waals surface area (Å²) in [6, 6.07) is 0. The second kappa shape index (κ2) is 4.51. The van der Waals surface area contributed by atoms with Crippen molar-refractivity contribution >= 4 is 5.91 Å². The number of hydrogen-bond acceptors (Lipinski definition) is 4. The van der Waals surface area contributed by atoms with Crippen molar-refractivity contribution in [2.45, 2.75) is 13.0 Å². The van der Waals surface area contributed by atoms with Gasteiger partial charge < -0.3 is 10.4 Å². The van der Waals surface area contributed by atoms with Crippen LogP contribution in [-0.4, -0.2) is 33.6 Å². The van der Waals surface area contributed by atoms with E-state index in [0.29, 0.717) is 0 Å². The van der Waals surface area contributed by atoms with Gasteiger partial charge in [0.25, 0.3) is 5.91 Å². The van der Waals surface area contributed by atoms with E-state index in [-0.39, 0.29) is 18.1 Å². The van der Waals surface area contributed by atoms with Gasteiger partial charge in [0.05, 0.1) is 12.3 Å². The molecule has 1 amide bonds. The van der Waals surface area contributed by atoms with Crippen LogP contribution >= 0.6 is 0 Å². The fourth-order valence-electron chi connectivity index (χ4n) is 0.747. The van der Waals surface area contributed by atoms with Gasteiger partial charge in [0.1, 0.15) is 5.69 Å². The topological polar surface area (TPSA) is 75.1 Å². The minimum Gasteiger partial charge on any atom is -0.392 e. The van der Waals surface area contributed by atoms with Crippen molar-refractivity contribution in [1.82, 2.24) is 15.3 Å². The van der Waals surface area contributed by atoms with E-state index in [1.54, 1.807) is 6.92 Å². The summed E-state index contributed by atoms with van der Waals surface area (Å²) < 4.78 is 0. The summed E-state index contributed by atoms with van der Waals surface area (Å²) in [5, 5.41) is 11.4. The normalized spacial score (nSPS) is 12.2. The lowest BCUT2D eigenvalue weighted by atomic mass is 10.3. The van der Waals surface area contributed by atoms with Crippen LogP contribution in [0.1, 0.15) is 17.4 Å². The third-order valence-electron chi connectivity index (χ3n) is 1.35. The zero-order chi connectivity index (χ0) is 9.68. The Morgan fingerprint density at radius 2 is 2.46 bits per heavy atom. The predicted molar refractivity (Wildman–Crippen MR) is 46.0 cm³/mol. The van der Waals surface area contributed by atoms with Gasteiger partial charge in [-0.25, -0.2) is 4.98 Å². The molecule has 1 heterocycles. The second-order valence-corrected chi connectivity index (χ2v) is 2.65. The number of aliphatic hydroxyl groups excluding tert-OH is 1. The highest BCUT2D eigenvalue weighted by Crippen LogP contribution is 1.89. The minimum absolute atomic E-state index is 0.218. The molecular weight excluding hydrogens is 170 g/mol. The lowest BCUT2D eigenvalue weighted by Gasteiger charge is -2.05. The van der Waals surface area contributed by atoms with Crippen LogP contribution in [-0.2, 0) is 0 Å². The van der Waals surface area contributed by atoms with Gasteiger partial charge in [0.15, 0.2) is 0 Å². The Balaban J connectivity index is 2.50. The fourth-order valence-corrected chi connectivity index (χ4v) is 0.747. The molecule has 5 heteroatoms. The van der Waals surface area contributed by atoms with Gasteiger partial charge in [-0.2, -0.15) is 0 Å². The van der Waals surface area contributed by atoms with Gasteiger partial charge in [-0.15, -0.1) is 0 Å².